The Morgan fingerprint density at radius 3 is 1.77 bits per heavy atom. The third-order valence-electron chi connectivity index (χ3n) is 2.87. The van der Waals surface area contributed by atoms with Crippen LogP contribution in [0.15, 0.2) is 67.3 Å². The molecule has 0 heteroatoms. The van der Waals surface area contributed by atoms with E-state index in [1.54, 1.807) is 0 Å². The van der Waals surface area contributed by atoms with Crippen molar-refractivity contribution in [2.45, 2.75) is 47.5 Å². The molecule has 1 unspecified atom stereocenters. The summed E-state index contributed by atoms with van der Waals surface area (Å²) in [4.78, 5) is 0. The molecule has 0 amide bonds. The van der Waals surface area contributed by atoms with Gasteiger partial charge in [0.05, 0.1) is 0 Å². The molecule has 0 saturated heterocycles. The molecule has 1 atom stereocenters. The van der Waals surface area contributed by atoms with Gasteiger partial charge in [0.1, 0.15) is 0 Å². The summed E-state index contributed by atoms with van der Waals surface area (Å²) < 4.78 is 0. The molecule has 0 N–H and O–H groups in total. The van der Waals surface area contributed by atoms with Gasteiger partial charge in [-0.05, 0) is 28.5 Å². The van der Waals surface area contributed by atoms with Gasteiger partial charge in [0.25, 0.3) is 0 Å². The first kappa shape index (κ1) is 20.2. The fourth-order valence-electron chi connectivity index (χ4n) is 1.77. The molecule has 0 aromatic heterocycles. The van der Waals surface area contributed by atoms with Gasteiger partial charge in [-0.25, -0.2) is 0 Å². The molecule has 0 bridgehead atoms. The van der Waals surface area contributed by atoms with Crippen LogP contribution in [0.5, 0.6) is 0 Å². The van der Waals surface area contributed by atoms with Crippen molar-refractivity contribution in [1.82, 2.24) is 0 Å². The van der Waals surface area contributed by atoms with Crippen LogP contribution in [0.25, 0.3) is 11.1 Å². The summed E-state index contributed by atoms with van der Waals surface area (Å²) in [6, 6.07) is 19.1. The van der Waals surface area contributed by atoms with Crippen molar-refractivity contribution >= 4 is 0 Å². The van der Waals surface area contributed by atoms with Crippen molar-refractivity contribution < 1.29 is 0 Å². The summed E-state index contributed by atoms with van der Waals surface area (Å²) in [5.74, 6) is 1.24. The van der Waals surface area contributed by atoms with Crippen LogP contribution >= 0.6 is 0 Å². The Labute approximate surface area is 137 Å². The van der Waals surface area contributed by atoms with Crippen molar-refractivity contribution in [3.8, 4) is 11.1 Å². The van der Waals surface area contributed by atoms with Crippen LogP contribution < -0.4 is 0 Å². The first-order valence-electron chi connectivity index (χ1n) is 8.32. The van der Waals surface area contributed by atoms with Crippen LogP contribution in [0, 0.1) is 5.92 Å². The van der Waals surface area contributed by atoms with Gasteiger partial charge in [0.15, 0.2) is 0 Å². The van der Waals surface area contributed by atoms with E-state index in [4.69, 9.17) is 0 Å². The van der Waals surface area contributed by atoms with Crippen LogP contribution in [-0.2, 0) is 0 Å². The van der Waals surface area contributed by atoms with Crippen molar-refractivity contribution in [3.05, 3.63) is 72.8 Å². The normalized spacial score (nSPS) is 10.7. The van der Waals surface area contributed by atoms with Gasteiger partial charge in [0.2, 0.25) is 0 Å². The van der Waals surface area contributed by atoms with E-state index in [2.05, 4.69) is 82.8 Å². The average molecular weight is 296 g/mol. The SMILES string of the molecule is C=CC(C)c1cccc(-c2ccccc2)c1.CC.CC(C)C. The summed E-state index contributed by atoms with van der Waals surface area (Å²) >= 11 is 0. The lowest BCUT2D eigenvalue weighted by Crippen LogP contribution is -1.88. The molecule has 0 radical (unpaired) electrons. The van der Waals surface area contributed by atoms with E-state index in [9.17, 15) is 0 Å². The molecule has 2 rings (SSSR count). The van der Waals surface area contributed by atoms with Gasteiger partial charge in [-0.1, -0.05) is 102 Å². The fourth-order valence-corrected chi connectivity index (χ4v) is 1.77. The maximum absolute atomic E-state index is 3.84. The Morgan fingerprint density at radius 1 is 0.773 bits per heavy atom. The lowest BCUT2D eigenvalue weighted by molar-refractivity contribution is 0.737. The van der Waals surface area contributed by atoms with Crippen LogP contribution in [0.2, 0.25) is 0 Å². The lowest BCUT2D eigenvalue weighted by Gasteiger charge is -2.08. The van der Waals surface area contributed by atoms with E-state index in [1.165, 1.54) is 16.7 Å². The molecule has 22 heavy (non-hydrogen) atoms. The largest absolute Gasteiger partial charge is 0.102 e. The molecule has 0 fully saturated rings. The van der Waals surface area contributed by atoms with Crippen LogP contribution in [0.1, 0.15) is 53.0 Å². The molecule has 2 aromatic carbocycles. The average Bonchev–Trinajstić information content (AvgIpc) is 2.56. The summed E-state index contributed by atoms with van der Waals surface area (Å²) in [6.45, 7) is 16.5. The van der Waals surface area contributed by atoms with Crippen molar-refractivity contribution in [2.75, 3.05) is 0 Å². The molecule has 2 aromatic rings. The first-order valence-corrected chi connectivity index (χ1v) is 8.32. The summed E-state index contributed by atoms with van der Waals surface area (Å²) in [5.41, 5.74) is 3.85. The number of hydrogen-bond donors (Lipinski definition) is 0. The third kappa shape index (κ3) is 7.83. The highest BCUT2D eigenvalue weighted by Gasteiger charge is 2.02. The predicted molar refractivity (Wildman–Crippen MR) is 102 cm³/mol. The van der Waals surface area contributed by atoms with Crippen molar-refractivity contribution in [2.24, 2.45) is 5.92 Å². The highest BCUT2D eigenvalue weighted by Crippen LogP contribution is 2.24. The molecule has 0 aliphatic rings. The maximum Gasteiger partial charge on any atom is -0.00129 e. The quantitative estimate of drug-likeness (QED) is 0.520. The second kappa shape index (κ2) is 11.8. The number of allylic oxidation sites excluding steroid dienone is 1. The molecule has 0 nitrogen and oxygen atoms in total. The minimum Gasteiger partial charge on any atom is -0.102 e. The predicted octanol–water partition coefficient (Wildman–Crippen LogP) is 7.33. The highest BCUT2D eigenvalue weighted by atomic mass is 14.1. The van der Waals surface area contributed by atoms with Gasteiger partial charge in [-0.15, -0.1) is 6.58 Å². The zero-order valence-corrected chi connectivity index (χ0v) is 15.1. The van der Waals surface area contributed by atoms with Gasteiger partial charge in [-0.2, -0.15) is 0 Å². The zero-order valence-electron chi connectivity index (χ0n) is 15.1. The Hall–Kier alpha value is -1.82. The number of rotatable bonds is 3. The fraction of sp³-hybridized carbons (Fsp3) is 0.364. The van der Waals surface area contributed by atoms with E-state index >= 15 is 0 Å². The zero-order chi connectivity index (χ0) is 17.0. The van der Waals surface area contributed by atoms with Gasteiger partial charge in [0, 0.05) is 0 Å². The van der Waals surface area contributed by atoms with Crippen LogP contribution in [-0.4, -0.2) is 0 Å². The van der Waals surface area contributed by atoms with E-state index in [0.717, 1.165) is 5.92 Å². The highest BCUT2D eigenvalue weighted by molar-refractivity contribution is 5.64. The second-order valence-corrected chi connectivity index (χ2v) is 5.75. The molecule has 0 heterocycles. The Kier molecular flexibility index (Phi) is 10.8. The minimum absolute atomic E-state index is 0.406. The standard InChI is InChI=1S/C16H16.C4H10.C2H6/c1-3-13(2)15-10-7-11-16(12-15)14-8-5-4-6-9-14;1-4(2)3;1-2/h3-13H,1H2,2H3;4H,1-3H3;1-2H3. The molecule has 120 valence electrons. The summed E-state index contributed by atoms with van der Waals surface area (Å²) in [5, 5.41) is 0. The van der Waals surface area contributed by atoms with Crippen molar-refractivity contribution in [3.63, 3.8) is 0 Å². The van der Waals surface area contributed by atoms with Gasteiger partial charge < -0.3 is 0 Å². The van der Waals surface area contributed by atoms with E-state index < -0.39 is 0 Å². The molecular formula is C22H32. The molecule has 0 spiro atoms. The minimum atomic E-state index is 0.406. The summed E-state index contributed by atoms with van der Waals surface area (Å²) in [6.07, 6.45) is 1.98. The third-order valence-corrected chi connectivity index (χ3v) is 2.87. The topological polar surface area (TPSA) is 0 Å². The Balaban J connectivity index is 0.000000640. The molecule has 0 aliphatic carbocycles. The first-order chi connectivity index (χ1) is 10.5. The van der Waals surface area contributed by atoms with Crippen LogP contribution in [0.4, 0.5) is 0 Å². The molecule has 0 saturated carbocycles. The number of benzene rings is 2. The number of hydrogen-bond acceptors (Lipinski definition) is 0. The molecule has 0 aliphatic heterocycles. The molecular weight excluding hydrogens is 264 g/mol. The lowest BCUT2D eigenvalue weighted by atomic mass is 9.96. The smallest absolute Gasteiger partial charge is 0.00129 e. The monoisotopic (exact) mass is 296 g/mol. The van der Waals surface area contributed by atoms with E-state index in [1.807, 2.05) is 26.0 Å². The Morgan fingerprint density at radius 2 is 1.27 bits per heavy atom. The van der Waals surface area contributed by atoms with Crippen molar-refractivity contribution in [1.29, 1.82) is 0 Å². The van der Waals surface area contributed by atoms with E-state index in [-0.39, 0.29) is 0 Å². The van der Waals surface area contributed by atoms with Gasteiger partial charge in [-0.3, -0.25) is 0 Å². The maximum atomic E-state index is 3.84. The Bertz CT molecular complexity index is 506. The van der Waals surface area contributed by atoms with Gasteiger partial charge >= 0.3 is 0 Å². The van der Waals surface area contributed by atoms with Crippen LogP contribution in [0.3, 0.4) is 0 Å². The van der Waals surface area contributed by atoms with E-state index in [0.29, 0.717) is 5.92 Å². The summed E-state index contributed by atoms with van der Waals surface area (Å²) in [7, 11) is 0. The second-order valence-electron chi connectivity index (χ2n) is 5.75.